The van der Waals surface area contributed by atoms with Crippen LogP contribution < -0.4 is 5.73 Å². The number of rotatable bonds is 4. The van der Waals surface area contributed by atoms with Crippen molar-refractivity contribution in [3.05, 3.63) is 0 Å². The summed E-state index contributed by atoms with van der Waals surface area (Å²) in [6.07, 6.45) is 13.2. The summed E-state index contributed by atoms with van der Waals surface area (Å²) in [5.74, 6) is 3.90. The van der Waals surface area contributed by atoms with Crippen LogP contribution in [0.1, 0.15) is 64.7 Å². The Morgan fingerprint density at radius 3 is 2.44 bits per heavy atom. The van der Waals surface area contributed by atoms with E-state index in [-0.39, 0.29) is 0 Å². The third kappa shape index (κ3) is 2.80. The van der Waals surface area contributed by atoms with Crippen LogP contribution >= 0.6 is 0 Å². The monoisotopic (exact) mass is 223 g/mol. The quantitative estimate of drug-likeness (QED) is 0.767. The van der Waals surface area contributed by atoms with Crippen LogP contribution in [-0.4, -0.2) is 6.54 Å². The van der Waals surface area contributed by atoms with Crippen LogP contribution in [-0.2, 0) is 0 Å². The Balaban J connectivity index is 1.93. The lowest BCUT2D eigenvalue weighted by atomic mass is 9.67. The summed E-state index contributed by atoms with van der Waals surface area (Å²) in [7, 11) is 0. The van der Waals surface area contributed by atoms with Crippen molar-refractivity contribution in [2.24, 2.45) is 29.4 Å². The normalized spacial score (nSPS) is 36.8. The predicted octanol–water partition coefficient (Wildman–Crippen LogP) is 3.97. The fraction of sp³-hybridized carbons (Fsp3) is 1.00. The summed E-state index contributed by atoms with van der Waals surface area (Å²) in [6.45, 7) is 3.28. The average Bonchev–Trinajstić information content (AvgIpc) is 2.83. The van der Waals surface area contributed by atoms with Gasteiger partial charge in [-0.1, -0.05) is 51.9 Å². The van der Waals surface area contributed by atoms with Gasteiger partial charge in [0.1, 0.15) is 0 Å². The highest BCUT2D eigenvalue weighted by Gasteiger charge is 2.35. The van der Waals surface area contributed by atoms with Gasteiger partial charge < -0.3 is 5.73 Å². The zero-order chi connectivity index (χ0) is 11.4. The van der Waals surface area contributed by atoms with E-state index >= 15 is 0 Å². The van der Waals surface area contributed by atoms with Gasteiger partial charge in [-0.3, -0.25) is 0 Å². The fourth-order valence-corrected chi connectivity index (χ4v) is 4.29. The molecule has 0 aromatic rings. The van der Waals surface area contributed by atoms with Gasteiger partial charge in [0.15, 0.2) is 0 Å². The molecule has 0 amide bonds. The maximum atomic E-state index is 5.98. The summed E-state index contributed by atoms with van der Waals surface area (Å²) >= 11 is 0. The van der Waals surface area contributed by atoms with Gasteiger partial charge in [0.25, 0.3) is 0 Å². The molecule has 16 heavy (non-hydrogen) atoms. The smallest absolute Gasteiger partial charge is 0.00461 e. The summed E-state index contributed by atoms with van der Waals surface area (Å²) in [5.41, 5.74) is 5.98. The van der Waals surface area contributed by atoms with Crippen LogP contribution in [0.4, 0.5) is 0 Å². The standard InChI is InChI=1S/C15H29N/c1-2-5-12-8-9-14(11-16)15(10-12)13-6-3-4-7-13/h12-15H,2-11,16H2,1H3. The Hall–Kier alpha value is -0.0400. The van der Waals surface area contributed by atoms with Crippen LogP contribution in [0, 0.1) is 23.7 Å². The Labute approximate surface area is 101 Å². The summed E-state index contributed by atoms with van der Waals surface area (Å²) < 4.78 is 0. The first-order chi connectivity index (χ1) is 7.85. The molecular weight excluding hydrogens is 194 g/mol. The van der Waals surface area contributed by atoms with Crippen molar-refractivity contribution in [2.45, 2.75) is 64.7 Å². The maximum absolute atomic E-state index is 5.98. The van der Waals surface area contributed by atoms with E-state index in [4.69, 9.17) is 5.73 Å². The Morgan fingerprint density at radius 1 is 1.06 bits per heavy atom. The van der Waals surface area contributed by atoms with E-state index in [0.717, 1.165) is 30.2 Å². The molecule has 2 rings (SSSR count). The molecule has 0 bridgehead atoms. The molecule has 0 spiro atoms. The van der Waals surface area contributed by atoms with E-state index in [2.05, 4.69) is 6.92 Å². The van der Waals surface area contributed by atoms with E-state index in [1.54, 1.807) is 0 Å². The van der Waals surface area contributed by atoms with E-state index < -0.39 is 0 Å². The topological polar surface area (TPSA) is 26.0 Å². The average molecular weight is 223 g/mol. The molecule has 3 atom stereocenters. The van der Waals surface area contributed by atoms with Crippen molar-refractivity contribution in [2.75, 3.05) is 6.54 Å². The lowest BCUT2D eigenvalue weighted by molar-refractivity contribution is 0.121. The molecule has 1 nitrogen and oxygen atoms in total. The summed E-state index contributed by atoms with van der Waals surface area (Å²) in [5, 5.41) is 0. The largest absolute Gasteiger partial charge is 0.330 e. The van der Waals surface area contributed by atoms with Crippen molar-refractivity contribution in [3.63, 3.8) is 0 Å². The first kappa shape index (κ1) is 12.4. The van der Waals surface area contributed by atoms with Gasteiger partial charge in [0.2, 0.25) is 0 Å². The molecule has 94 valence electrons. The van der Waals surface area contributed by atoms with Crippen LogP contribution in [0.2, 0.25) is 0 Å². The molecule has 3 unspecified atom stereocenters. The molecule has 0 aromatic carbocycles. The molecule has 2 saturated carbocycles. The van der Waals surface area contributed by atoms with Crippen molar-refractivity contribution >= 4 is 0 Å². The van der Waals surface area contributed by atoms with Crippen molar-refractivity contribution in [3.8, 4) is 0 Å². The van der Waals surface area contributed by atoms with Crippen LogP contribution in [0.15, 0.2) is 0 Å². The first-order valence-electron chi connectivity index (χ1n) is 7.55. The highest BCUT2D eigenvalue weighted by atomic mass is 14.6. The molecule has 0 saturated heterocycles. The Bertz CT molecular complexity index is 194. The molecule has 2 aliphatic carbocycles. The first-order valence-corrected chi connectivity index (χ1v) is 7.55. The lowest BCUT2D eigenvalue weighted by Crippen LogP contribution is -2.34. The van der Waals surface area contributed by atoms with E-state index in [1.807, 2.05) is 0 Å². The molecular formula is C15H29N. The lowest BCUT2D eigenvalue weighted by Gasteiger charge is -2.39. The highest BCUT2D eigenvalue weighted by Crippen LogP contribution is 2.44. The third-order valence-corrected chi connectivity index (χ3v) is 5.16. The van der Waals surface area contributed by atoms with Crippen LogP contribution in [0.25, 0.3) is 0 Å². The minimum absolute atomic E-state index is 0.858. The van der Waals surface area contributed by atoms with Gasteiger partial charge in [-0.15, -0.1) is 0 Å². The molecule has 2 N–H and O–H groups in total. The SMILES string of the molecule is CCCC1CCC(CN)C(C2CCCC2)C1. The Morgan fingerprint density at radius 2 is 1.81 bits per heavy atom. The van der Waals surface area contributed by atoms with Crippen LogP contribution in [0.5, 0.6) is 0 Å². The van der Waals surface area contributed by atoms with E-state index in [0.29, 0.717) is 0 Å². The molecule has 0 aliphatic heterocycles. The van der Waals surface area contributed by atoms with Gasteiger partial charge in [-0.2, -0.15) is 0 Å². The summed E-state index contributed by atoms with van der Waals surface area (Å²) in [4.78, 5) is 0. The highest BCUT2D eigenvalue weighted by molar-refractivity contribution is 4.86. The Kier molecular flexibility index (Phi) is 4.69. The van der Waals surface area contributed by atoms with Gasteiger partial charge in [-0.25, -0.2) is 0 Å². The van der Waals surface area contributed by atoms with Gasteiger partial charge in [-0.05, 0) is 43.1 Å². The molecule has 2 fully saturated rings. The van der Waals surface area contributed by atoms with Gasteiger partial charge >= 0.3 is 0 Å². The second-order valence-electron chi connectivity index (χ2n) is 6.17. The predicted molar refractivity (Wildman–Crippen MR) is 70.2 cm³/mol. The molecule has 0 radical (unpaired) electrons. The van der Waals surface area contributed by atoms with E-state index in [9.17, 15) is 0 Å². The van der Waals surface area contributed by atoms with Crippen molar-refractivity contribution in [1.29, 1.82) is 0 Å². The second-order valence-corrected chi connectivity index (χ2v) is 6.17. The second kappa shape index (κ2) is 6.05. The maximum Gasteiger partial charge on any atom is -0.00461 e. The van der Waals surface area contributed by atoms with Crippen molar-refractivity contribution < 1.29 is 0 Å². The minimum Gasteiger partial charge on any atom is -0.330 e. The zero-order valence-electron chi connectivity index (χ0n) is 11.0. The fourth-order valence-electron chi connectivity index (χ4n) is 4.29. The van der Waals surface area contributed by atoms with E-state index in [1.165, 1.54) is 57.8 Å². The van der Waals surface area contributed by atoms with Gasteiger partial charge in [0.05, 0.1) is 0 Å². The molecule has 0 aromatic heterocycles. The summed E-state index contributed by atoms with van der Waals surface area (Å²) in [6, 6.07) is 0. The third-order valence-electron chi connectivity index (χ3n) is 5.16. The minimum atomic E-state index is 0.858. The number of hydrogen-bond acceptors (Lipinski definition) is 1. The number of nitrogens with two attached hydrogens (primary N) is 1. The number of hydrogen-bond donors (Lipinski definition) is 1. The molecule has 1 heteroatoms. The van der Waals surface area contributed by atoms with Crippen LogP contribution in [0.3, 0.4) is 0 Å². The molecule has 0 heterocycles. The zero-order valence-corrected chi connectivity index (χ0v) is 11.0. The van der Waals surface area contributed by atoms with Crippen molar-refractivity contribution in [1.82, 2.24) is 0 Å². The molecule has 2 aliphatic rings. The van der Waals surface area contributed by atoms with Gasteiger partial charge in [0, 0.05) is 0 Å².